The van der Waals surface area contributed by atoms with Crippen molar-refractivity contribution in [1.29, 1.82) is 0 Å². The lowest BCUT2D eigenvalue weighted by molar-refractivity contribution is 1.08. The molecule has 0 radical (unpaired) electrons. The van der Waals surface area contributed by atoms with Crippen LogP contribution in [0.4, 0.5) is 0 Å². The molecule has 4 heteroatoms. The van der Waals surface area contributed by atoms with Crippen molar-refractivity contribution >= 4 is 76.2 Å². The zero-order chi connectivity index (χ0) is 32.8. The molecule has 8 aromatic carbocycles. The minimum absolute atomic E-state index is 0.819. The van der Waals surface area contributed by atoms with Crippen LogP contribution < -0.4 is 0 Å². The predicted molar refractivity (Wildman–Crippen MR) is 209 cm³/mol. The molecule has 0 fully saturated rings. The highest BCUT2D eigenvalue weighted by atomic mass is 15.1. The van der Waals surface area contributed by atoms with E-state index in [2.05, 4.69) is 167 Å². The largest absolute Gasteiger partial charge is 0.309 e. The van der Waals surface area contributed by atoms with Crippen LogP contribution in [0, 0.1) is 0 Å². The average molecular weight is 637 g/mol. The summed E-state index contributed by atoms with van der Waals surface area (Å²) in [6, 6.07) is 60.7. The maximum Gasteiger partial charge on any atom is 0.165 e. The van der Waals surface area contributed by atoms with E-state index in [1.807, 2.05) is 12.1 Å². The molecule has 11 aromatic rings. The highest BCUT2D eigenvalue weighted by Crippen LogP contribution is 2.41. The summed E-state index contributed by atoms with van der Waals surface area (Å²) < 4.78 is 4.75. The zero-order valence-electron chi connectivity index (χ0n) is 27.0. The molecule has 0 N–H and O–H groups in total. The van der Waals surface area contributed by atoms with E-state index in [-0.39, 0.29) is 0 Å². The first-order valence-electron chi connectivity index (χ1n) is 17.0. The molecule has 0 bridgehead atoms. The summed E-state index contributed by atoms with van der Waals surface area (Å²) in [5, 5.41) is 9.60. The van der Waals surface area contributed by atoms with Crippen molar-refractivity contribution in [2.45, 2.75) is 0 Å². The van der Waals surface area contributed by atoms with Crippen LogP contribution in [0.15, 0.2) is 170 Å². The van der Waals surface area contributed by atoms with Gasteiger partial charge in [0.2, 0.25) is 0 Å². The summed E-state index contributed by atoms with van der Waals surface area (Å²) in [4.78, 5) is 10.8. The van der Waals surface area contributed by atoms with E-state index in [9.17, 15) is 0 Å². The minimum atomic E-state index is 0.819. The topological polar surface area (TPSA) is 35.6 Å². The Labute approximate surface area is 287 Å². The average Bonchev–Trinajstić information content (AvgIpc) is 3.70. The fourth-order valence-electron chi connectivity index (χ4n) is 8.01. The van der Waals surface area contributed by atoms with Crippen LogP contribution in [0.5, 0.6) is 0 Å². The predicted octanol–water partition coefficient (Wildman–Crippen LogP) is 11.8. The number of para-hydroxylation sites is 4. The van der Waals surface area contributed by atoms with Gasteiger partial charge in [-0.3, -0.25) is 4.57 Å². The van der Waals surface area contributed by atoms with Crippen molar-refractivity contribution in [3.05, 3.63) is 170 Å². The van der Waals surface area contributed by atoms with Crippen LogP contribution >= 0.6 is 0 Å². The summed E-state index contributed by atoms with van der Waals surface area (Å²) in [5.41, 5.74) is 9.37. The summed E-state index contributed by atoms with van der Waals surface area (Å²) in [6.45, 7) is 0. The lowest BCUT2D eigenvalue weighted by Crippen LogP contribution is -2.04. The number of aromatic nitrogens is 4. The Morgan fingerprint density at radius 3 is 1.74 bits per heavy atom. The molecule has 0 saturated heterocycles. The van der Waals surface area contributed by atoms with Crippen molar-refractivity contribution in [3.8, 4) is 22.8 Å². The molecular formula is C46H28N4. The summed E-state index contributed by atoms with van der Waals surface area (Å²) >= 11 is 0. The van der Waals surface area contributed by atoms with Crippen LogP contribution in [0.25, 0.3) is 99.0 Å². The normalized spacial score (nSPS) is 12.0. The maximum absolute atomic E-state index is 5.43. The van der Waals surface area contributed by atoms with Gasteiger partial charge >= 0.3 is 0 Å². The monoisotopic (exact) mass is 636 g/mol. The van der Waals surface area contributed by atoms with Gasteiger partial charge < -0.3 is 4.57 Å². The van der Waals surface area contributed by atoms with E-state index in [1.165, 1.54) is 54.1 Å². The molecule has 3 aromatic heterocycles. The van der Waals surface area contributed by atoms with E-state index in [0.717, 1.165) is 44.8 Å². The number of benzene rings is 8. The van der Waals surface area contributed by atoms with Gasteiger partial charge in [0.1, 0.15) is 5.69 Å². The van der Waals surface area contributed by atoms with Gasteiger partial charge in [-0.1, -0.05) is 121 Å². The Morgan fingerprint density at radius 2 is 0.960 bits per heavy atom. The fourth-order valence-corrected chi connectivity index (χ4v) is 8.01. The van der Waals surface area contributed by atoms with Gasteiger partial charge in [0.15, 0.2) is 5.82 Å². The number of hydrogen-bond donors (Lipinski definition) is 0. The zero-order valence-corrected chi connectivity index (χ0v) is 27.0. The van der Waals surface area contributed by atoms with Crippen LogP contribution in [0.3, 0.4) is 0 Å². The highest BCUT2D eigenvalue weighted by Gasteiger charge is 2.22. The van der Waals surface area contributed by atoms with E-state index in [1.54, 1.807) is 0 Å². The molecule has 50 heavy (non-hydrogen) atoms. The Hall–Kier alpha value is -6.78. The smallest absolute Gasteiger partial charge is 0.165 e. The Morgan fingerprint density at radius 1 is 0.360 bits per heavy atom. The molecule has 3 heterocycles. The van der Waals surface area contributed by atoms with Gasteiger partial charge in [0.05, 0.1) is 33.1 Å². The standard InChI is InChI=1S/C46H28N4/c1-2-13-31-27-32(22-21-29(31)11-1)44-46(48-40-18-8-7-17-39(40)47-44)50-43-26-24-33(28-38(43)37-25-23-30-12-3-4-14-34(30)45(37)50)49-41-19-9-5-15-35(41)36-16-6-10-20-42(36)49/h1-28H. The Balaban J connectivity index is 1.27. The third-order valence-corrected chi connectivity index (χ3v) is 10.3. The number of rotatable bonds is 3. The minimum Gasteiger partial charge on any atom is -0.309 e. The fraction of sp³-hybridized carbons (Fsp3) is 0. The summed E-state index contributed by atoms with van der Waals surface area (Å²) in [5.74, 6) is 0.819. The van der Waals surface area contributed by atoms with Crippen molar-refractivity contribution in [2.24, 2.45) is 0 Å². The van der Waals surface area contributed by atoms with Gasteiger partial charge in [0.25, 0.3) is 0 Å². The van der Waals surface area contributed by atoms with E-state index in [4.69, 9.17) is 9.97 Å². The third kappa shape index (κ3) is 3.87. The SMILES string of the molecule is c1ccc2cc(-c3nc4ccccc4nc3-n3c4ccc(-n5c6ccccc6c6ccccc65)cc4c4ccc5ccccc5c43)ccc2c1. The van der Waals surface area contributed by atoms with Crippen molar-refractivity contribution in [3.63, 3.8) is 0 Å². The van der Waals surface area contributed by atoms with Gasteiger partial charge in [0, 0.05) is 38.2 Å². The van der Waals surface area contributed by atoms with E-state index >= 15 is 0 Å². The van der Waals surface area contributed by atoms with Crippen LogP contribution in [-0.2, 0) is 0 Å². The number of hydrogen-bond acceptors (Lipinski definition) is 2. The lowest BCUT2D eigenvalue weighted by atomic mass is 10.0. The van der Waals surface area contributed by atoms with Gasteiger partial charge in [-0.2, -0.15) is 0 Å². The molecule has 0 aliphatic heterocycles. The van der Waals surface area contributed by atoms with Gasteiger partial charge in [-0.05, 0) is 64.7 Å². The molecule has 0 spiro atoms. The van der Waals surface area contributed by atoms with Gasteiger partial charge in [-0.15, -0.1) is 0 Å². The molecule has 4 nitrogen and oxygen atoms in total. The summed E-state index contributed by atoms with van der Waals surface area (Å²) in [6.07, 6.45) is 0. The van der Waals surface area contributed by atoms with E-state index < -0.39 is 0 Å². The molecule has 232 valence electrons. The van der Waals surface area contributed by atoms with Gasteiger partial charge in [-0.25, -0.2) is 9.97 Å². The quantitative estimate of drug-likeness (QED) is 0.193. The Kier molecular flexibility index (Phi) is 5.63. The molecule has 0 aliphatic rings. The van der Waals surface area contributed by atoms with Crippen LogP contribution in [0.2, 0.25) is 0 Å². The second-order valence-corrected chi connectivity index (χ2v) is 13.0. The molecule has 0 unspecified atom stereocenters. The van der Waals surface area contributed by atoms with Crippen molar-refractivity contribution in [1.82, 2.24) is 19.1 Å². The van der Waals surface area contributed by atoms with Crippen molar-refractivity contribution in [2.75, 3.05) is 0 Å². The first-order chi connectivity index (χ1) is 24.8. The van der Waals surface area contributed by atoms with Crippen LogP contribution in [0.1, 0.15) is 0 Å². The maximum atomic E-state index is 5.43. The first kappa shape index (κ1) is 27.2. The number of fused-ring (bicyclic) bond motifs is 10. The second-order valence-electron chi connectivity index (χ2n) is 13.0. The second kappa shape index (κ2) is 10.4. The summed E-state index contributed by atoms with van der Waals surface area (Å²) in [7, 11) is 0. The lowest BCUT2D eigenvalue weighted by Gasteiger charge is -2.15. The van der Waals surface area contributed by atoms with Crippen LogP contribution in [-0.4, -0.2) is 19.1 Å². The van der Waals surface area contributed by atoms with E-state index in [0.29, 0.717) is 0 Å². The number of nitrogens with zero attached hydrogens (tertiary/aromatic N) is 4. The third-order valence-electron chi connectivity index (χ3n) is 10.3. The van der Waals surface area contributed by atoms with Crippen molar-refractivity contribution < 1.29 is 0 Å². The highest BCUT2D eigenvalue weighted by molar-refractivity contribution is 6.19. The Bertz CT molecular complexity index is 3110. The molecular weight excluding hydrogens is 609 g/mol. The first-order valence-corrected chi connectivity index (χ1v) is 17.0. The molecule has 11 rings (SSSR count). The molecule has 0 saturated carbocycles. The molecule has 0 atom stereocenters. The molecule has 0 amide bonds. The molecule has 0 aliphatic carbocycles.